The summed E-state index contributed by atoms with van der Waals surface area (Å²) >= 11 is 0. The number of anilines is 1. The molecular formula is C69H88N10O22. The number of likely N-dealkylation sites (N-methyl/N-ethyl adjacent to an activating group) is 3. The lowest BCUT2D eigenvalue weighted by Crippen LogP contribution is -2.58. The first-order valence-electron chi connectivity index (χ1n) is 33.8. The van der Waals surface area contributed by atoms with Crippen molar-refractivity contribution in [1.82, 2.24) is 40.4 Å². The molecule has 0 spiro atoms. The zero-order chi connectivity index (χ0) is 72.6. The van der Waals surface area contributed by atoms with Crippen LogP contribution < -0.4 is 31.7 Å². The fraction of sp³-hybridized carbons (Fsp3) is 0.551. The van der Waals surface area contributed by atoms with Gasteiger partial charge in [0, 0.05) is 133 Å². The number of methoxy groups -OCH3 is 2. The van der Waals surface area contributed by atoms with Crippen LogP contribution in [0.1, 0.15) is 126 Å². The molecule has 9 atom stereocenters. The molecule has 101 heavy (non-hydrogen) atoms. The van der Waals surface area contributed by atoms with Gasteiger partial charge >= 0.3 is 18.2 Å². The van der Waals surface area contributed by atoms with Crippen LogP contribution in [-0.4, -0.2) is 255 Å². The summed E-state index contributed by atoms with van der Waals surface area (Å²) in [5, 5.41) is 47.6. The number of ether oxygens (including phenoxy) is 8. The summed E-state index contributed by atoms with van der Waals surface area (Å²) < 4.78 is 47.1. The van der Waals surface area contributed by atoms with Gasteiger partial charge in [-0.2, -0.15) is 0 Å². The summed E-state index contributed by atoms with van der Waals surface area (Å²) in [6.07, 6.45) is -1.74. The van der Waals surface area contributed by atoms with E-state index in [1.165, 1.54) is 61.4 Å². The SMILES string of the molecule is COc1cccc2c1C(=O)c1c(O)c3c(c(O)c1C2=O)CC(O)(C(=O)COC(=O)N(C)CCN(C)CCN(C)C(=O)OCc1ccc(NC(=O)C(CCCNC(N)=O)NC(=O)C2(C(=O)NCCCCCN4C(=O)C=CC4=O)CCC2)cc1)CC3OC1CC2C(OC3C(OC)OCCN23)C(C)O1. The molecule has 10 rings (SSSR count). The lowest BCUT2D eigenvalue weighted by Gasteiger charge is -2.43. The lowest BCUT2D eigenvalue weighted by atomic mass is 9.67. The maximum atomic E-state index is 14.4. The van der Waals surface area contributed by atoms with E-state index in [-0.39, 0.29) is 124 Å². The molecule has 7 aliphatic rings. The van der Waals surface area contributed by atoms with Gasteiger partial charge in [0.15, 0.2) is 31.2 Å². The Kier molecular flexibility index (Phi) is 23.8. The topological polar surface area (TPSA) is 413 Å². The Labute approximate surface area is 582 Å². The van der Waals surface area contributed by atoms with Crippen LogP contribution >= 0.6 is 0 Å². The number of Topliss-reactive ketones (excluding diaryl/α,β-unsaturated/α-hetero) is 1. The fourth-order valence-electron chi connectivity index (χ4n) is 13.8. The molecule has 0 radical (unpaired) electrons. The normalized spacial score (nSPS) is 23.4. The zero-order valence-electron chi connectivity index (χ0n) is 57.3. The molecule has 9 N–H and O–H groups in total. The molecule has 4 aliphatic heterocycles. The third-order valence-electron chi connectivity index (χ3n) is 19.8. The molecule has 4 heterocycles. The number of nitrogens with one attached hydrogen (secondary N) is 4. The second-order valence-electron chi connectivity index (χ2n) is 26.4. The molecule has 3 aromatic carbocycles. The molecule has 4 fully saturated rings. The Hall–Kier alpha value is -9.15. The summed E-state index contributed by atoms with van der Waals surface area (Å²) in [4.78, 5) is 153. The summed E-state index contributed by atoms with van der Waals surface area (Å²) in [5.74, 6) is -6.43. The largest absolute Gasteiger partial charge is 0.507 e. The number of fused-ring (bicyclic) bond motifs is 6. The minimum atomic E-state index is -2.45. The van der Waals surface area contributed by atoms with Crippen LogP contribution in [0.15, 0.2) is 54.6 Å². The van der Waals surface area contributed by atoms with Crippen molar-refractivity contribution in [3.63, 3.8) is 0 Å². The smallest absolute Gasteiger partial charge is 0.409 e. The number of benzene rings is 3. The van der Waals surface area contributed by atoms with E-state index < -0.39 is 150 Å². The summed E-state index contributed by atoms with van der Waals surface area (Å²) in [7, 11) is 7.57. The van der Waals surface area contributed by atoms with Gasteiger partial charge in [-0.1, -0.05) is 30.7 Å². The number of carbonyl (C=O) groups is 11. The fourth-order valence-corrected chi connectivity index (χ4v) is 13.8. The number of hydrogen-bond donors (Lipinski definition) is 8. The Morgan fingerprint density at radius 1 is 0.792 bits per heavy atom. The van der Waals surface area contributed by atoms with E-state index >= 15 is 0 Å². The predicted molar refractivity (Wildman–Crippen MR) is 354 cm³/mol. The number of phenols is 2. The number of carbonyl (C=O) groups excluding carboxylic acids is 11. The number of unbranched alkanes of at least 4 members (excludes halogenated alkanes) is 2. The van der Waals surface area contributed by atoms with E-state index in [9.17, 15) is 68.1 Å². The number of urea groups is 1. The van der Waals surface area contributed by atoms with Crippen LogP contribution in [0.3, 0.4) is 0 Å². The van der Waals surface area contributed by atoms with Crippen molar-refractivity contribution >= 4 is 70.8 Å². The van der Waals surface area contributed by atoms with E-state index in [0.717, 1.165) is 4.90 Å². The second-order valence-corrected chi connectivity index (χ2v) is 26.4. The molecule has 1 saturated carbocycles. The average Bonchev–Trinajstić information content (AvgIpc) is 1.63. The van der Waals surface area contributed by atoms with Gasteiger partial charge in [0.1, 0.15) is 47.0 Å². The Balaban J connectivity index is 0.686. The number of aromatic hydroxyl groups is 2. The molecule has 9 unspecified atom stereocenters. The van der Waals surface area contributed by atoms with E-state index in [1.807, 2.05) is 4.90 Å². The molecule has 3 aliphatic carbocycles. The van der Waals surface area contributed by atoms with Gasteiger partial charge in [-0.25, -0.2) is 14.4 Å². The number of amides is 9. The van der Waals surface area contributed by atoms with Gasteiger partial charge in [0.05, 0.1) is 42.6 Å². The van der Waals surface area contributed by atoms with Gasteiger partial charge in [0.25, 0.3) is 11.8 Å². The van der Waals surface area contributed by atoms with Crippen LogP contribution in [0.25, 0.3) is 0 Å². The Bertz CT molecular complexity index is 3700. The number of rotatable bonds is 30. The number of morpholine rings is 1. The first-order chi connectivity index (χ1) is 48.3. The Morgan fingerprint density at radius 3 is 2.14 bits per heavy atom. The van der Waals surface area contributed by atoms with Crippen molar-refractivity contribution in [2.45, 2.75) is 139 Å². The highest BCUT2D eigenvalue weighted by Gasteiger charge is 2.56. The second kappa shape index (κ2) is 32.2. The van der Waals surface area contributed by atoms with Crippen LogP contribution in [-0.2, 0) is 75.0 Å². The van der Waals surface area contributed by atoms with Gasteiger partial charge < -0.3 is 94.9 Å². The number of imide groups is 1. The summed E-state index contributed by atoms with van der Waals surface area (Å²) in [6, 6.07) is 8.65. The van der Waals surface area contributed by atoms with Gasteiger partial charge in [-0.05, 0) is 82.7 Å². The minimum absolute atomic E-state index is 0.0552. The molecule has 3 aromatic rings. The molecule has 9 amide bonds. The zero-order valence-corrected chi connectivity index (χ0v) is 57.3. The van der Waals surface area contributed by atoms with Crippen molar-refractivity contribution in [1.29, 1.82) is 0 Å². The molecule has 0 bridgehead atoms. The van der Waals surface area contributed by atoms with Crippen molar-refractivity contribution in [2.75, 3.05) is 106 Å². The first kappa shape index (κ1) is 74.5. The highest BCUT2D eigenvalue weighted by atomic mass is 16.7. The minimum Gasteiger partial charge on any atom is -0.507 e. The summed E-state index contributed by atoms with van der Waals surface area (Å²) in [6.45, 7) is 3.12. The number of nitrogens with two attached hydrogens (primary N) is 1. The van der Waals surface area contributed by atoms with Crippen molar-refractivity contribution in [3.8, 4) is 17.2 Å². The third-order valence-corrected chi connectivity index (χ3v) is 19.8. The lowest BCUT2D eigenvalue weighted by molar-refractivity contribution is -0.256. The quantitative estimate of drug-likeness (QED) is 0.0161. The molecular weight excluding hydrogens is 1320 g/mol. The number of primary amides is 1. The molecule has 0 aromatic heterocycles. The summed E-state index contributed by atoms with van der Waals surface area (Å²) in [5.41, 5.74) is 0.648. The molecule has 546 valence electrons. The number of aliphatic hydroxyl groups is 1. The van der Waals surface area contributed by atoms with E-state index in [4.69, 9.17) is 43.6 Å². The van der Waals surface area contributed by atoms with Crippen molar-refractivity contribution in [2.24, 2.45) is 11.1 Å². The maximum absolute atomic E-state index is 14.4. The van der Waals surface area contributed by atoms with Gasteiger partial charge in [-0.15, -0.1) is 0 Å². The van der Waals surface area contributed by atoms with E-state index in [2.05, 4.69) is 26.2 Å². The monoisotopic (exact) mass is 1410 g/mol. The third kappa shape index (κ3) is 16.3. The maximum Gasteiger partial charge on any atom is 0.409 e. The highest BCUT2D eigenvalue weighted by Crippen LogP contribution is 2.53. The van der Waals surface area contributed by atoms with Crippen LogP contribution in [0, 0.1) is 5.41 Å². The predicted octanol–water partition coefficient (Wildman–Crippen LogP) is 2.24. The van der Waals surface area contributed by atoms with Gasteiger partial charge in [-0.3, -0.25) is 48.2 Å². The molecule has 32 nitrogen and oxygen atoms in total. The number of phenolic OH excluding ortho intramolecular Hbond substituents is 2. The van der Waals surface area contributed by atoms with Crippen LogP contribution in [0.4, 0.5) is 20.1 Å². The van der Waals surface area contributed by atoms with Crippen LogP contribution in [0.5, 0.6) is 17.2 Å². The van der Waals surface area contributed by atoms with Crippen LogP contribution in [0.2, 0.25) is 0 Å². The number of hydrogen-bond acceptors (Lipinski definition) is 24. The standard InChI is InChI=1S/C69H88N10O22/c1-38-59-44(78-31-32-96-62(95-6)61(78)101-59)33-50(99-38)100-46-35-69(93,34-42-52(46)58(86)54-53(56(42)84)55(83)41-13-10-15-45(94-5)51(41)57(54)85)47(80)37-98-67(92)77(4)30-28-75(2)27-29-76(3)66(91)97-36-39-16-18-40(19-17-39)73-60(87)43(14-11-25-72-65(70)90)74-64(89)68(22-12-23-68)63(88)71-24-8-7-9-26-79-48(81)20-21-49(79)82/h10,13,15-21,38,43-44,46,50,59,61-62,84,86,93H,7-9,11-12,14,22-37H2,1-6H3,(H,71,88)(H,73,87)(H,74,89)(H3,70,72,90). The van der Waals surface area contributed by atoms with Crippen molar-refractivity contribution < 1.29 is 106 Å². The van der Waals surface area contributed by atoms with E-state index in [0.29, 0.717) is 56.6 Å². The molecule has 32 heteroatoms. The molecule has 3 saturated heterocycles. The van der Waals surface area contributed by atoms with Gasteiger partial charge in [0.2, 0.25) is 29.3 Å². The highest BCUT2D eigenvalue weighted by molar-refractivity contribution is 6.31. The van der Waals surface area contributed by atoms with Crippen molar-refractivity contribution in [3.05, 3.63) is 93.6 Å². The van der Waals surface area contributed by atoms with E-state index in [1.54, 1.807) is 45.3 Å². The number of ketones is 3. The first-order valence-corrected chi connectivity index (χ1v) is 33.8. The number of nitrogens with zero attached hydrogens (tertiary/aromatic N) is 5. The average molecular weight is 1410 g/mol. The Morgan fingerprint density at radius 2 is 1.48 bits per heavy atom.